The van der Waals surface area contributed by atoms with E-state index in [1.165, 1.54) is 89.9 Å². The smallest absolute Gasteiger partial charge is 0.309 e. The first-order chi connectivity index (χ1) is 15.2. The molecule has 0 aliphatic carbocycles. The van der Waals surface area contributed by atoms with Crippen LogP contribution in [-0.2, 0) is 4.79 Å². The summed E-state index contributed by atoms with van der Waals surface area (Å²) in [5.41, 5.74) is -0.560. The highest BCUT2D eigenvalue weighted by Crippen LogP contribution is 2.34. The van der Waals surface area contributed by atoms with E-state index < -0.39 is 11.4 Å². The van der Waals surface area contributed by atoms with Gasteiger partial charge in [0.15, 0.2) is 0 Å². The van der Waals surface area contributed by atoms with E-state index >= 15 is 0 Å². The molecule has 4 atom stereocenters. The van der Waals surface area contributed by atoms with Crippen molar-refractivity contribution in [2.75, 3.05) is 0 Å². The van der Waals surface area contributed by atoms with E-state index in [-0.39, 0.29) is 0 Å². The molecule has 0 spiro atoms. The molecule has 0 rings (SSSR count). The monoisotopic (exact) mass is 450 g/mol. The fraction of sp³-hybridized carbons (Fsp3) is 0.900. The Morgan fingerprint density at radius 2 is 1.25 bits per heavy atom. The Bertz CT molecular complexity index is 469. The first-order valence-electron chi connectivity index (χ1n) is 14.1. The number of aliphatic carboxylic acids is 1. The van der Waals surface area contributed by atoms with Crippen LogP contribution in [0.3, 0.4) is 0 Å². The number of rotatable bonds is 22. The third-order valence-corrected chi connectivity index (χ3v) is 7.41. The maximum atomic E-state index is 11.6. The number of unbranched alkanes of at least 4 members (excludes halogenated alkanes) is 10. The van der Waals surface area contributed by atoms with Crippen LogP contribution in [0, 0.1) is 23.2 Å². The Morgan fingerprint density at radius 3 is 1.78 bits per heavy atom. The predicted octanol–water partition coefficient (Wildman–Crippen LogP) is 10.2. The van der Waals surface area contributed by atoms with E-state index in [1.807, 2.05) is 13.8 Å². The summed E-state index contributed by atoms with van der Waals surface area (Å²) in [4.78, 5) is 11.6. The molecule has 0 aromatic carbocycles. The molecular formula is C30H58O2. The van der Waals surface area contributed by atoms with Crippen molar-refractivity contribution in [2.24, 2.45) is 23.2 Å². The van der Waals surface area contributed by atoms with Crippen LogP contribution in [-0.4, -0.2) is 11.1 Å². The molecule has 0 aromatic rings. The SMILES string of the molecule is CCCCCC/C=C\CCCCCCCCC(C)CC(C)CC(C)CC(C)(CC)C(=O)O. The highest BCUT2D eigenvalue weighted by Gasteiger charge is 2.33. The summed E-state index contributed by atoms with van der Waals surface area (Å²) in [6.07, 6.45) is 26.4. The summed E-state index contributed by atoms with van der Waals surface area (Å²) >= 11 is 0. The molecule has 0 heterocycles. The second-order valence-electron chi connectivity index (χ2n) is 11.2. The van der Waals surface area contributed by atoms with Crippen molar-refractivity contribution in [1.29, 1.82) is 0 Å². The van der Waals surface area contributed by atoms with Gasteiger partial charge in [0.2, 0.25) is 0 Å². The lowest BCUT2D eigenvalue weighted by Crippen LogP contribution is -2.29. The molecule has 0 aliphatic heterocycles. The molecule has 2 heteroatoms. The third kappa shape index (κ3) is 16.8. The van der Waals surface area contributed by atoms with Gasteiger partial charge < -0.3 is 5.11 Å². The maximum Gasteiger partial charge on any atom is 0.309 e. The van der Waals surface area contributed by atoms with Crippen LogP contribution < -0.4 is 0 Å². The molecule has 2 nitrogen and oxygen atoms in total. The van der Waals surface area contributed by atoms with E-state index in [1.54, 1.807) is 0 Å². The zero-order chi connectivity index (χ0) is 24.2. The summed E-state index contributed by atoms with van der Waals surface area (Å²) in [5.74, 6) is 1.32. The normalized spacial score (nSPS) is 16.7. The number of allylic oxidation sites excluding steroid dienone is 2. The fourth-order valence-corrected chi connectivity index (χ4v) is 5.21. The second kappa shape index (κ2) is 19.7. The van der Waals surface area contributed by atoms with Gasteiger partial charge in [-0.15, -0.1) is 0 Å². The molecule has 0 fully saturated rings. The van der Waals surface area contributed by atoms with E-state index in [9.17, 15) is 9.90 Å². The molecule has 32 heavy (non-hydrogen) atoms. The summed E-state index contributed by atoms with van der Waals surface area (Å²) in [5, 5.41) is 9.51. The number of carboxylic acids is 1. The predicted molar refractivity (Wildman–Crippen MR) is 142 cm³/mol. The Balaban J connectivity index is 3.69. The highest BCUT2D eigenvalue weighted by atomic mass is 16.4. The van der Waals surface area contributed by atoms with Crippen LogP contribution >= 0.6 is 0 Å². The number of hydrogen-bond acceptors (Lipinski definition) is 1. The van der Waals surface area contributed by atoms with Gasteiger partial charge in [0, 0.05) is 0 Å². The van der Waals surface area contributed by atoms with Crippen LogP contribution in [0.2, 0.25) is 0 Å². The zero-order valence-electron chi connectivity index (χ0n) is 22.8. The molecule has 190 valence electrons. The lowest BCUT2D eigenvalue weighted by atomic mass is 9.76. The minimum Gasteiger partial charge on any atom is -0.481 e. The molecule has 0 aliphatic rings. The van der Waals surface area contributed by atoms with Gasteiger partial charge in [-0.2, -0.15) is 0 Å². The van der Waals surface area contributed by atoms with Crippen LogP contribution in [0.5, 0.6) is 0 Å². The number of carbonyl (C=O) groups is 1. The average Bonchev–Trinajstić information content (AvgIpc) is 2.73. The summed E-state index contributed by atoms with van der Waals surface area (Å²) < 4.78 is 0. The average molecular weight is 451 g/mol. The molecule has 0 saturated carbocycles. The topological polar surface area (TPSA) is 37.3 Å². The van der Waals surface area contributed by atoms with Crippen molar-refractivity contribution in [3.63, 3.8) is 0 Å². The Labute approximate surface area is 202 Å². The molecule has 1 N–H and O–H groups in total. The molecule has 0 bridgehead atoms. The van der Waals surface area contributed by atoms with Crippen molar-refractivity contribution < 1.29 is 9.90 Å². The van der Waals surface area contributed by atoms with E-state index in [4.69, 9.17) is 0 Å². The van der Waals surface area contributed by atoms with Gasteiger partial charge in [0.05, 0.1) is 5.41 Å². The van der Waals surface area contributed by atoms with Gasteiger partial charge in [0.25, 0.3) is 0 Å². The first kappa shape index (κ1) is 31.2. The molecule has 0 amide bonds. The van der Waals surface area contributed by atoms with Crippen molar-refractivity contribution in [3.8, 4) is 0 Å². The third-order valence-electron chi connectivity index (χ3n) is 7.41. The molecule has 0 aromatic heterocycles. The molecular weight excluding hydrogens is 392 g/mol. The van der Waals surface area contributed by atoms with E-state index in [0.29, 0.717) is 18.3 Å². The van der Waals surface area contributed by atoms with Gasteiger partial charge in [-0.1, -0.05) is 105 Å². The summed E-state index contributed by atoms with van der Waals surface area (Å²) in [6.45, 7) is 13.2. The summed E-state index contributed by atoms with van der Waals surface area (Å²) in [7, 11) is 0. The van der Waals surface area contributed by atoms with Gasteiger partial charge in [0.1, 0.15) is 0 Å². The standard InChI is InChI=1S/C30H58O2/c1-7-9-10-11-12-13-14-15-16-17-18-19-20-21-22-26(3)23-27(4)24-28(5)25-30(6,8-2)29(31)32/h13-14,26-28H,7-12,15-25H2,1-6H3,(H,31,32)/b14-13-. The second-order valence-corrected chi connectivity index (χ2v) is 11.2. The minimum absolute atomic E-state index is 0.481. The minimum atomic E-state index is -0.637. The van der Waals surface area contributed by atoms with Crippen LogP contribution in [0.25, 0.3) is 0 Å². The van der Waals surface area contributed by atoms with Crippen LogP contribution in [0.4, 0.5) is 0 Å². The Hall–Kier alpha value is -0.790. The lowest BCUT2D eigenvalue weighted by Gasteiger charge is -2.28. The van der Waals surface area contributed by atoms with E-state index in [0.717, 1.165) is 18.8 Å². The quantitative estimate of drug-likeness (QED) is 0.131. The largest absolute Gasteiger partial charge is 0.481 e. The highest BCUT2D eigenvalue weighted by molar-refractivity contribution is 5.73. The molecule has 0 saturated heterocycles. The lowest BCUT2D eigenvalue weighted by molar-refractivity contribution is -0.149. The number of carboxylic acid groups (broad SMARTS) is 1. The van der Waals surface area contributed by atoms with Gasteiger partial charge in [-0.05, 0) is 76.0 Å². The van der Waals surface area contributed by atoms with Gasteiger partial charge in [-0.3, -0.25) is 4.79 Å². The van der Waals surface area contributed by atoms with Crippen molar-refractivity contribution >= 4 is 5.97 Å². The molecule has 4 unspecified atom stereocenters. The summed E-state index contributed by atoms with van der Waals surface area (Å²) in [6, 6.07) is 0. The fourth-order valence-electron chi connectivity index (χ4n) is 5.21. The van der Waals surface area contributed by atoms with Gasteiger partial charge >= 0.3 is 5.97 Å². The molecule has 0 radical (unpaired) electrons. The maximum absolute atomic E-state index is 11.6. The van der Waals surface area contributed by atoms with E-state index in [2.05, 4.69) is 39.8 Å². The Morgan fingerprint density at radius 1 is 0.750 bits per heavy atom. The van der Waals surface area contributed by atoms with Crippen LogP contribution in [0.1, 0.15) is 151 Å². The number of hydrogen-bond donors (Lipinski definition) is 1. The zero-order valence-corrected chi connectivity index (χ0v) is 22.8. The van der Waals surface area contributed by atoms with Crippen molar-refractivity contribution in [2.45, 2.75) is 151 Å². The van der Waals surface area contributed by atoms with Crippen molar-refractivity contribution in [3.05, 3.63) is 12.2 Å². The van der Waals surface area contributed by atoms with Gasteiger partial charge in [-0.25, -0.2) is 0 Å². The Kier molecular flexibility index (Phi) is 19.2. The van der Waals surface area contributed by atoms with Crippen molar-refractivity contribution in [1.82, 2.24) is 0 Å². The van der Waals surface area contributed by atoms with Crippen LogP contribution in [0.15, 0.2) is 12.2 Å². The first-order valence-corrected chi connectivity index (χ1v) is 14.1.